The van der Waals surface area contributed by atoms with Crippen molar-refractivity contribution >= 4 is 31.9 Å². The van der Waals surface area contributed by atoms with Gasteiger partial charge >= 0.3 is 0 Å². The first-order chi connectivity index (χ1) is 9.27. The molecular weight excluding hydrogens is 358 g/mol. The Hall–Kier alpha value is -1.32. The molecule has 0 aliphatic carbocycles. The molecule has 0 atom stereocenters. The van der Waals surface area contributed by atoms with Gasteiger partial charge < -0.3 is 5.32 Å². The molecule has 9 heteroatoms. The van der Waals surface area contributed by atoms with Crippen LogP contribution < -0.4 is 10.0 Å². The van der Waals surface area contributed by atoms with Crippen molar-refractivity contribution in [2.24, 2.45) is 0 Å². The second-order valence-corrected chi connectivity index (χ2v) is 6.17. The number of rotatable bonds is 6. The number of nitrogens with one attached hydrogen (secondary N) is 2. The highest BCUT2D eigenvalue weighted by atomic mass is 79.9. The number of carbonyl (C=O) groups is 1. The van der Waals surface area contributed by atoms with Crippen LogP contribution in [-0.2, 0) is 14.8 Å². The Labute approximate surface area is 123 Å². The van der Waals surface area contributed by atoms with E-state index in [0.717, 1.165) is 6.07 Å². The van der Waals surface area contributed by atoms with E-state index in [1.54, 1.807) is 0 Å². The van der Waals surface area contributed by atoms with Gasteiger partial charge in [0, 0.05) is 17.1 Å². The summed E-state index contributed by atoms with van der Waals surface area (Å²) in [6.07, 6.45) is 1.42. The van der Waals surface area contributed by atoms with Crippen LogP contribution in [0.1, 0.15) is 0 Å². The third-order valence-electron chi connectivity index (χ3n) is 2.10. The molecular formula is C11H11BrF2N2O3S. The average molecular weight is 369 g/mol. The van der Waals surface area contributed by atoms with Gasteiger partial charge in [-0.2, -0.15) is 0 Å². The van der Waals surface area contributed by atoms with Crippen molar-refractivity contribution in [2.75, 3.05) is 13.1 Å². The van der Waals surface area contributed by atoms with Crippen molar-refractivity contribution in [3.05, 3.63) is 40.9 Å². The molecule has 0 saturated carbocycles. The van der Waals surface area contributed by atoms with E-state index in [1.165, 1.54) is 6.08 Å². The maximum atomic E-state index is 13.5. The van der Waals surface area contributed by atoms with E-state index in [1.807, 2.05) is 4.72 Å². The monoisotopic (exact) mass is 368 g/mol. The van der Waals surface area contributed by atoms with Gasteiger partial charge in [-0.1, -0.05) is 6.08 Å². The van der Waals surface area contributed by atoms with E-state index in [0.29, 0.717) is 6.07 Å². The maximum Gasteiger partial charge on any atom is 0.245 e. The first kappa shape index (κ1) is 16.7. The zero-order chi connectivity index (χ0) is 15.3. The summed E-state index contributed by atoms with van der Waals surface area (Å²) >= 11 is 2.77. The Morgan fingerprint density at radius 3 is 2.60 bits per heavy atom. The van der Waals surface area contributed by atoms with Crippen LogP contribution in [0.2, 0.25) is 0 Å². The van der Waals surface area contributed by atoms with E-state index >= 15 is 0 Å². The van der Waals surface area contributed by atoms with Gasteiger partial charge in [0.25, 0.3) is 0 Å². The highest BCUT2D eigenvalue weighted by Gasteiger charge is 2.24. The lowest BCUT2D eigenvalue weighted by atomic mass is 10.3. The maximum absolute atomic E-state index is 13.5. The Morgan fingerprint density at radius 1 is 1.40 bits per heavy atom. The summed E-state index contributed by atoms with van der Waals surface area (Å²) in [6.45, 7) is 2.98. The summed E-state index contributed by atoms with van der Waals surface area (Å²) in [5.74, 6) is -2.78. The number of amides is 1. The summed E-state index contributed by atoms with van der Waals surface area (Å²) in [5, 5.41) is 2.35. The van der Waals surface area contributed by atoms with Crippen LogP contribution in [0.4, 0.5) is 8.78 Å². The average Bonchev–Trinajstić information content (AvgIpc) is 2.32. The lowest BCUT2D eigenvalue weighted by molar-refractivity contribution is -0.119. The fourth-order valence-electron chi connectivity index (χ4n) is 1.27. The third-order valence-corrected chi connectivity index (χ3v) is 4.46. The Bertz CT molecular complexity index is 612. The van der Waals surface area contributed by atoms with Crippen LogP contribution in [0.5, 0.6) is 0 Å². The van der Waals surface area contributed by atoms with Crippen LogP contribution in [0.15, 0.2) is 34.2 Å². The zero-order valence-corrected chi connectivity index (χ0v) is 12.5. The van der Waals surface area contributed by atoms with Gasteiger partial charge in [-0.3, -0.25) is 4.79 Å². The molecule has 0 spiro atoms. The molecule has 0 fully saturated rings. The number of sulfonamides is 1. The van der Waals surface area contributed by atoms with Gasteiger partial charge in [0.15, 0.2) is 0 Å². The van der Waals surface area contributed by atoms with Crippen molar-refractivity contribution in [1.82, 2.24) is 10.0 Å². The predicted molar refractivity (Wildman–Crippen MR) is 72.5 cm³/mol. The van der Waals surface area contributed by atoms with Gasteiger partial charge in [0.2, 0.25) is 15.9 Å². The molecule has 0 unspecified atom stereocenters. The number of hydrogen-bond donors (Lipinski definition) is 2. The first-order valence-corrected chi connectivity index (χ1v) is 7.57. The van der Waals surface area contributed by atoms with E-state index in [4.69, 9.17) is 0 Å². The fraction of sp³-hybridized carbons (Fsp3) is 0.182. The SMILES string of the molecule is C=CCNC(=O)CNS(=O)(=O)c1c(F)cc(F)cc1Br. The smallest absolute Gasteiger partial charge is 0.245 e. The number of hydrogen-bond acceptors (Lipinski definition) is 3. The van der Waals surface area contributed by atoms with Crippen LogP contribution >= 0.6 is 15.9 Å². The lowest BCUT2D eigenvalue weighted by Crippen LogP contribution is -2.37. The van der Waals surface area contributed by atoms with E-state index in [2.05, 4.69) is 27.8 Å². The van der Waals surface area contributed by atoms with Crippen LogP contribution in [0.25, 0.3) is 0 Å². The summed E-state index contributed by atoms with van der Waals surface area (Å²) in [6, 6.07) is 1.26. The molecule has 0 aromatic heterocycles. The number of carbonyl (C=O) groups excluding carboxylic acids is 1. The Balaban J connectivity index is 2.90. The highest BCUT2D eigenvalue weighted by molar-refractivity contribution is 9.10. The Kier molecular flexibility index (Phi) is 5.78. The fourth-order valence-corrected chi connectivity index (χ4v) is 3.41. The summed E-state index contributed by atoms with van der Waals surface area (Å²) in [7, 11) is -4.28. The van der Waals surface area contributed by atoms with Crippen LogP contribution in [0, 0.1) is 11.6 Å². The lowest BCUT2D eigenvalue weighted by Gasteiger charge is -2.09. The molecule has 20 heavy (non-hydrogen) atoms. The summed E-state index contributed by atoms with van der Waals surface area (Å²) in [5.41, 5.74) is 0. The standard InChI is InChI=1S/C11H11BrF2N2O3S/c1-2-3-15-10(17)6-16-20(18,19)11-8(12)4-7(13)5-9(11)14/h2,4-5,16H,1,3,6H2,(H,15,17). The van der Waals surface area contributed by atoms with Crippen molar-refractivity contribution in [2.45, 2.75) is 4.90 Å². The van der Waals surface area contributed by atoms with Crippen LogP contribution in [-0.4, -0.2) is 27.4 Å². The summed E-state index contributed by atoms with van der Waals surface area (Å²) in [4.78, 5) is 10.5. The molecule has 0 radical (unpaired) electrons. The molecule has 0 heterocycles. The quantitative estimate of drug-likeness (QED) is 0.743. The van der Waals surface area contributed by atoms with Crippen molar-refractivity contribution in [3.8, 4) is 0 Å². The minimum Gasteiger partial charge on any atom is -0.352 e. The number of halogens is 3. The molecule has 1 aromatic carbocycles. The minimum atomic E-state index is -4.28. The highest BCUT2D eigenvalue weighted by Crippen LogP contribution is 2.25. The molecule has 1 aromatic rings. The second-order valence-electron chi connectivity index (χ2n) is 3.62. The van der Waals surface area contributed by atoms with E-state index in [-0.39, 0.29) is 11.0 Å². The van der Waals surface area contributed by atoms with Gasteiger partial charge in [-0.05, 0) is 22.0 Å². The third kappa shape index (κ3) is 4.36. The van der Waals surface area contributed by atoms with Gasteiger partial charge in [-0.15, -0.1) is 6.58 Å². The van der Waals surface area contributed by atoms with Gasteiger partial charge in [-0.25, -0.2) is 21.9 Å². The number of benzene rings is 1. The molecule has 0 aliphatic rings. The molecule has 0 saturated heterocycles. The van der Waals surface area contributed by atoms with E-state index < -0.39 is 39.0 Å². The normalized spacial score (nSPS) is 11.2. The van der Waals surface area contributed by atoms with E-state index in [9.17, 15) is 22.0 Å². The second kappa shape index (κ2) is 6.91. The van der Waals surface area contributed by atoms with Crippen molar-refractivity contribution in [3.63, 3.8) is 0 Å². The Morgan fingerprint density at radius 2 is 2.05 bits per heavy atom. The predicted octanol–water partition coefficient (Wildman–Crippen LogP) is 1.31. The molecule has 1 amide bonds. The molecule has 1 rings (SSSR count). The topological polar surface area (TPSA) is 75.3 Å². The molecule has 2 N–H and O–H groups in total. The van der Waals surface area contributed by atoms with Gasteiger partial charge in [0.1, 0.15) is 16.5 Å². The molecule has 110 valence electrons. The molecule has 0 bridgehead atoms. The van der Waals surface area contributed by atoms with Crippen molar-refractivity contribution < 1.29 is 22.0 Å². The van der Waals surface area contributed by atoms with Gasteiger partial charge in [0.05, 0.1) is 6.54 Å². The molecule has 0 aliphatic heterocycles. The first-order valence-electron chi connectivity index (χ1n) is 5.29. The molecule has 5 nitrogen and oxygen atoms in total. The van der Waals surface area contributed by atoms with Crippen molar-refractivity contribution in [1.29, 1.82) is 0 Å². The largest absolute Gasteiger partial charge is 0.352 e. The van der Waals surface area contributed by atoms with Crippen LogP contribution in [0.3, 0.4) is 0 Å². The zero-order valence-electron chi connectivity index (χ0n) is 10.1. The summed E-state index contributed by atoms with van der Waals surface area (Å²) < 4.78 is 51.8. The minimum absolute atomic E-state index is 0.176.